The van der Waals surface area contributed by atoms with Gasteiger partial charge in [0, 0.05) is 42.9 Å². The van der Waals surface area contributed by atoms with E-state index < -0.39 is 0 Å². The third kappa shape index (κ3) is 3.44. The van der Waals surface area contributed by atoms with Crippen LogP contribution in [0.4, 0.5) is 0 Å². The Bertz CT molecular complexity index is 671. The number of rotatable bonds is 2. The zero-order valence-corrected chi connectivity index (χ0v) is 17.0. The van der Waals surface area contributed by atoms with Crippen molar-refractivity contribution in [1.82, 2.24) is 0 Å². The van der Waals surface area contributed by atoms with E-state index in [1.807, 2.05) is 0 Å². The van der Waals surface area contributed by atoms with Crippen LogP contribution in [0, 0.1) is 0 Å². The number of allylic oxidation sites excluding steroid dienone is 2. The van der Waals surface area contributed by atoms with Crippen LogP contribution in [0.3, 0.4) is 0 Å². The van der Waals surface area contributed by atoms with Gasteiger partial charge >= 0.3 is 0 Å². The number of halogens is 1. The molecule has 0 aromatic heterocycles. The Morgan fingerprint density at radius 2 is 1.13 bits per heavy atom. The van der Waals surface area contributed by atoms with Crippen LogP contribution in [0.25, 0.3) is 12.2 Å². The van der Waals surface area contributed by atoms with Crippen LogP contribution >= 0.6 is 15.9 Å². The van der Waals surface area contributed by atoms with Crippen LogP contribution < -0.4 is 0 Å². The van der Waals surface area contributed by atoms with Crippen molar-refractivity contribution >= 4 is 28.1 Å². The number of fused-ring (bicyclic) bond motifs is 2. The molecule has 0 nitrogen and oxygen atoms in total. The molecule has 2 atom stereocenters. The summed E-state index contributed by atoms with van der Waals surface area (Å²) in [5, 5.41) is 0. The summed E-state index contributed by atoms with van der Waals surface area (Å²) in [5.74, 6) is 0.902. The van der Waals surface area contributed by atoms with Crippen LogP contribution in [0.5, 0.6) is 0 Å². The summed E-state index contributed by atoms with van der Waals surface area (Å²) in [6, 6.07) is 17.4. The summed E-state index contributed by atoms with van der Waals surface area (Å²) in [4.78, 5) is 0.405. The molecule has 0 bridgehead atoms. The van der Waals surface area contributed by atoms with E-state index in [-0.39, 0.29) is 26.2 Å². The van der Waals surface area contributed by atoms with E-state index in [0.29, 0.717) is 16.7 Å². The fourth-order valence-electron chi connectivity index (χ4n) is 3.33. The van der Waals surface area contributed by atoms with Crippen molar-refractivity contribution in [3.05, 3.63) is 96.1 Å². The van der Waals surface area contributed by atoms with Gasteiger partial charge in [-0.25, -0.2) is 0 Å². The van der Waals surface area contributed by atoms with Gasteiger partial charge in [0.1, 0.15) is 0 Å². The first-order valence-corrected chi connectivity index (χ1v) is 8.44. The molecule has 2 aliphatic rings. The summed E-state index contributed by atoms with van der Waals surface area (Å²) in [5.41, 5.74) is 5.59. The van der Waals surface area contributed by atoms with Crippen molar-refractivity contribution in [3.63, 3.8) is 0 Å². The maximum absolute atomic E-state index is 3.97. The van der Waals surface area contributed by atoms with Gasteiger partial charge in [0.25, 0.3) is 0 Å². The first-order valence-electron chi connectivity index (χ1n) is 7.53. The van der Waals surface area contributed by atoms with Gasteiger partial charge in [0.05, 0.1) is 0 Å². The third-order valence-electron chi connectivity index (χ3n) is 4.36. The van der Waals surface area contributed by atoms with Crippen LogP contribution in [-0.4, -0.2) is 4.83 Å². The second kappa shape index (κ2) is 8.22. The van der Waals surface area contributed by atoms with E-state index in [1.54, 1.807) is 0 Å². The molecular formula is C21H19BrZr. The first kappa shape index (κ1) is 18.4. The molecule has 2 aromatic carbocycles. The molecule has 0 saturated heterocycles. The van der Waals surface area contributed by atoms with E-state index in [9.17, 15) is 0 Å². The third-order valence-corrected chi connectivity index (χ3v) is 5.50. The number of alkyl halides is 1. The summed E-state index contributed by atoms with van der Waals surface area (Å²) in [7, 11) is 0. The minimum absolute atomic E-state index is 0. The standard InChI is InChI=1S/C19H15Br.C2H4.Zr/c20-19(17-11-9-13-5-1-3-7-15(13)17)18-12-10-14-6-2-4-8-16(14)18;1-2;/h1-12,17-19H;1-2H2;. The van der Waals surface area contributed by atoms with E-state index in [2.05, 4.69) is 102 Å². The summed E-state index contributed by atoms with van der Waals surface area (Å²) in [6.45, 7) is 6.00. The van der Waals surface area contributed by atoms with Crippen LogP contribution in [0.15, 0.2) is 73.8 Å². The maximum atomic E-state index is 3.97. The zero-order valence-electron chi connectivity index (χ0n) is 13.0. The van der Waals surface area contributed by atoms with Gasteiger partial charge in [0.15, 0.2) is 0 Å². The van der Waals surface area contributed by atoms with E-state index >= 15 is 0 Å². The van der Waals surface area contributed by atoms with Gasteiger partial charge in [-0.1, -0.05) is 88.8 Å². The van der Waals surface area contributed by atoms with E-state index in [1.165, 1.54) is 22.3 Å². The van der Waals surface area contributed by atoms with Crippen molar-refractivity contribution in [3.8, 4) is 0 Å². The molecule has 4 rings (SSSR count). The van der Waals surface area contributed by atoms with Gasteiger partial charge in [-0.2, -0.15) is 0 Å². The second-order valence-corrected chi connectivity index (χ2v) is 6.53. The number of hydrogen-bond acceptors (Lipinski definition) is 0. The fourth-order valence-corrected chi connectivity index (χ4v) is 4.26. The fraction of sp³-hybridized carbons (Fsp3) is 0.143. The van der Waals surface area contributed by atoms with Gasteiger partial charge < -0.3 is 0 Å². The Hall–Kier alpha value is -0.977. The van der Waals surface area contributed by atoms with Crippen LogP contribution in [0.1, 0.15) is 34.1 Å². The average Bonchev–Trinajstić information content (AvgIpc) is 3.20. The predicted molar refractivity (Wildman–Crippen MR) is 100 cm³/mol. The molecule has 2 aromatic rings. The van der Waals surface area contributed by atoms with E-state index in [0.717, 1.165) is 0 Å². The summed E-state index contributed by atoms with van der Waals surface area (Å²) >= 11 is 3.97. The maximum Gasteiger partial charge on any atom is 0.0353 e. The molecule has 0 fully saturated rings. The predicted octanol–water partition coefficient (Wildman–Crippen LogP) is 6.17. The Kier molecular flexibility index (Phi) is 6.56. The zero-order chi connectivity index (χ0) is 15.5. The number of hydrogen-bond donors (Lipinski definition) is 0. The topological polar surface area (TPSA) is 0 Å². The average molecular weight is 443 g/mol. The van der Waals surface area contributed by atoms with Crippen LogP contribution in [0.2, 0.25) is 0 Å². The largest absolute Gasteiger partial charge is 0.106 e. The Morgan fingerprint density at radius 1 is 0.739 bits per heavy atom. The molecule has 0 amide bonds. The number of benzene rings is 2. The van der Waals surface area contributed by atoms with Gasteiger partial charge in [-0.3, -0.25) is 0 Å². The molecule has 2 heteroatoms. The second-order valence-electron chi connectivity index (χ2n) is 5.47. The van der Waals surface area contributed by atoms with Crippen molar-refractivity contribution in [2.75, 3.05) is 0 Å². The molecule has 2 aliphatic carbocycles. The summed E-state index contributed by atoms with van der Waals surface area (Å²) < 4.78 is 0. The quantitative estimate of drug-likeness (QED) is 0.385. The Labute approximate surface area is 166 Å². The Morgan fingerprint density at radius 3 is 1.57 bits per heavy atom. The summed E-state index contributed by atoms with van der Waals surface area (Å²) in [6.07, 6.45) is 9.16. The smallest absolute Gasteiger partial charge is 0.0353 e. The Balaban J connectivity index is 0.000000617. The SMILES string of the molecule is BrC(C1C=Cc2ccccc21)C1C=Cc2ccccc21.C=C.[Zr]. The van der Waals surface area contributed by atoms with Crippen molar-refractivity contribution in [2.24, 2.45) is 0 Å². The molecule has 0 spiro atoms. The first-order chi connectivity index (χ1) is 10.8. The van der Waals surface area contributed by atoms with Crippen molar-refractivity contribution in [2.45, 2.75) is 16.7 Å². The molecule has 114 valence electrons. The molecule has 0 N–H and O–H groups in total. The van der Waals surface area contributed by atoms with Crippen LogP contribution in [-0.2, 0) is 26.2 Å². The molecule has 0 saturated carbocycles. The molecule has 23 heavy (non-hydrogen) atoms. The molecule has 2 unspecified atom stereocenters. The molecule has 0 heterocycles. The van der Waals surface area contributed by atoms with Gasteiger partial charge in [-0.15, -0.1) is 13.2 Å². The van der Waals surface area contributed by atoms with E-state index in [4.69, 9.17) is 0 Å². The molecule has 0 radical (unpaired) electrons. The van der Waals surface area contributed by atoms with Crippen molar-refractivity contribution in [1.29, 1.82) is 0 Å². The normalized spacial score (nSPS) is 20.7. The van der Waals surface area contributed by atoms with Gasteiger partial charge in [0.2, 0.25) is 0 Å². The molecule has 0 aliphatic heterocycles. The minimum atomic E-state index is 0. The van der Waals surface area contributed by atoms with Crippen molar-refractivity contribution < 1.29 is 26.2 Å². The molecular weight excluding hydrogens is 423 g/mol. The minimum Gasteiger partial charge on any atom is -0.106 e. The monoisotopic (exact) mass is 440 g/mol. The van der Waals surface area contributed by atoms with Gasteiger partial charge in [-0.05, 0) is 22.3 Å².